The van der Waals surface area contributed by atoms with Crippen molar-refractivity contribution in [1.82, 2.24) is 19.9 Å². The number of aromatic nitrogens is 3. The molecule has 26 heavy (non-hydrogen) atoms. The zero-order chi connectivity index (χ0) is 18.5. The maximum atomic E-state index is 12.7. The fraction of sp³-hybridized carbons (Fsp3) is 0.211. The number of nitrogens with one attached hydrogen (secondary N) is 1. The van der Waals surface area contributed by atoms with E-state index in [9.17, 15) is 4.79 Å². The van der Waals surface area contributed by atoms with E-state index in [-0.39, 0.29) is 5.91 Å². The van der Waals surface area contributed by atoms with E-state index in [2.05, 4.69) is 15.3 Å². The molecule has 2 heterocycles. The Morgan fingerprint density at radius 1 is 1.15 bits per heavy atom. The van der Waals surface area contributed by atoms with Crippen molar-refractivity contribution in [1.29, 1.82) is 0 Å². The number of rotatable bonds is 6. The van der Waals surface area contributed by atoms with Crippen molar-refractivity contribution in [3.8, 4) is 11.5 Å². The van der Waals surface area contributed by atoms with Gasteiger partial charge in [0.05, 0.1) is 19.8 Å². The van der Waals surface area contributed by atoms with Crippen LogP contribution in [0.5, 0.6) is 11.5 Å². The van der Waals surface area contributed by atoms with E-state index in [1.165, 1.54) is 6.20 Å². The molecule has 1 N–H and O–H groups in total. The molecule has 0 saturated carbocycles. The number of aryl methyl sites for hydroxylation is 1. The van der Waals surface area contributed by atoms with E-state index in [0.29, 0.717) is 22.9 Å². The monoisotopic (exact) mass is 352 g/mol. The smallest absolute Gasteiger partial charge is 0.253 e. The van der Waals surface area contributed by atoms with Gasteiger partial charge in [-0.3, -0.25) is 9.78 Å². The van der Waals surface area contributed by atoms with Crippen molar-refractivity contribution in [3.05, 3.63) is 72.1 Å². The number of benzene rings is 1. The van der Waals surface area contributed by atoms with Gasteiger partial charge in [0, 0.05) is 31.8 Å². The Labute approximate surface area is 151 Å². The van der Waals surface area contributed by atoms with Crippen LogP contribution in [0, 0.1) is 0 Å². The van der Waals surface area contributed by atoms with Crippen molar-refractivity contribution in [3.63, 3.8) is 0 Å². The standard InChI is InChI=1S/C19H20N4O3/c1-23-10-9-21-18(23)17(22-19(24)14-5-4-8-20-12-14)13-6-7-15(25-2)16(11-13)26-3/h4-12,17H,1-3H3,(H,22,24)/t17-/m0/s1. The van der Waals surface area contributed by atoms with E-state index in [0.717, 1.165) is 5.56 Å². The number of imidazole rings is 1. The number of methoxy groups -OCH3 is 2. The van der Waals surface area contributed by atoms with Crippen molar-refractivity contribution in [2.45, 2.75) is 6.04 Å². The largest absolute Gasteiger partial charge is 0.493 e. The zero-order valence-electron chi connectivity index (χ0n) is 14.8. The van der Waals surface area contributed by atoms with E-state index in [4.69, 9.17) is 9.47 Å². The summed E-state index contributed by atoms with van der Waals surface area (Å²) >= 11 is 0. The molecule has 0 saturated heterocycles. The van der Waals surface area contributed by atoms with Gasteiger partial charge in [0.1, 0.15) is 11.9 Å². The summed E-state index contributed by atoms with van der Waals surface area (Å²) in [6.45, 7) is 0. The summed E-state index contributed by atoms with van der Waals surface area (Å²) in [7, 11) is 5.04. The Morgan fingerprint density at radius 2 is 1.96 bits per heavy atom. The summed E-state index contributed by atoms with van der Waals surface area (Å²) in [6, 6.07) is 8.50. The van der Waals surface area contributed by atoms with Crippen molar-refractivity contribution >= 4 is 5.91 Å². The van der Waals surface area contributed by atoms with Gasteiger partial charge in [-0.15, -0.1) is 0 Å². The average molecular weight is 352 g/mol. The maximum Gasteiger partial charge on any atom is 0.253 e. The minimum atomic E-state index is -0.456. The van der Waals surface area contributed by atoms with Crippen LogP contribution < -0.4 is 14.8 Å². The lowest BCUT2D eigenvalue weighted by Gasteiger charge is -2.20. The first-order chi connectivity index (χ1) is 12.6. The summed E-state index contributed by atoms with van der Waals surface area (Å²) in [6.07, 6.45) is 6.68. The van der Waals surface area contributed by atoms with E-state index < -0.39 is 6.04 Å². The number of hydrogen-bond donors (Lipinski definition) is 1. The van der Waals surface area contributed by atoms with Gasteiger partial charge in [-0.25, -0.2) is 4.98 Å². The molecule has 3 aromatic rings. The summed E-state index contributed by atoms with van der Waals surface area (Å²) in [5.74, 6) is 1.67. The molecular formula is C19H20N4O3. The van der Waals surface area contributed by atoms with Crippen LogP contribution in [0.3, 0.4) is 0 Å². The van der Waals surface area contributed by atoms with Crippen molar-refractivity contribution in [2.75, 3.05) is 14.2 Å². The predicted octanol–water partition coefficient (Wildman–Crippen LogP) is 2.35. The summed E-state index contributed by atoms with van der Waals surface area (Å²) in [5.41, 5.74) is 1.31. The lowest BCUT2D eigenvalue weighted by atomic mass is 10.0. The Bertz CT molecular complexity index is 893. The highest BCUT2D eigenvalue weighted by molar-refractivity contribution is 5.94. The molecule has 0 aliphatic rings. The van der Waals surface area contributed by atoms with Gasteiger partial charge in [-0.1, -0.05) is 6.07 Å². The highest BCUT2D eigenvalue weighted by Crippen LogP contribution is 2.32. The number of hydrogen-bond acceptors (Lipinski definition) is 5. The van der Waals surface area contributed by atoms with E-state index in [1.807, 2.05) is 29.9 Å². The second-order valence-electron chi connectivity index (χ2n) is 5.66. The quantitative estimate of drug-likeness (QED) is 0.737. The van der Waals surface area contributed by atoms with Crippen molar-refractivity contribution in [2.24, 2.45) is 7.05 Å². The molecule has 7 heteroatoms. The second kappa shape index (κ2) is 7.69. The van der Waals surface area contributed by atoms with Gasteiger partial charge >= 0.3 is 0 Å². The molecule has 0 bridgehead atoms. The molecule has 0 unspecified atom stereocenters. The second-order valence-corrected chi connectivity index (χ2v) is 5.66. The number of ether oxygens (including phenoxy) is 2. The highest BCUT2D eigenvalue weighted by Gasteiger charge is 2.23. The minimum Gasteiger partial charge on any atom is -0.493 e. The number of pyridine rings is 1. The summed E-state index contributed by atoms with van der Waals surface area (Å²) in [4.78, 5) is 21.1. The first-order valence-electron chi connectivity index (χ1n) is 8.04. The van der Waals surface area contributed by atoms with E-state index in [1.54, 1.807) is 44.8 Å². The highest BCUT2D eigenvalue weighted by atomic mass is 16.5. The molecule has 0 aliphatic heterocycles. The molecule has 1 amide bonds. The molecule has 1 atom stereocenters. The lowest BCUT2D eigenvalue weighted by Crippen LogP contribution is -2.31. The third kappa shape index (κ3) is 3.51. The van der Waals surface area contributed by atoms with E-state index >= 15 is 0 Å². The molecule has 0 aliphatic carbocycles. The van der Waals surface area contributed by atoms with Gasteiger partial charge in [0.2, 0.25) is 0 Å². The Balaban J connectivity index is 1.99. The van der Waals surface area contributed by atoms with Gasteiger partial charge in [0.15, 0.2) is 11.5 Å². The van der Waals surface area contributed by atoms with Crippen LogP contribution >= 0.6 is 0 Å². The fourth-order valence-electron chi connectivity index (χ4n) is 2.70. The minimum absolute atomic E-state index is 0.235. The molecule has 0 radical (unpaired) electrons. The summed E-state index contributed by atoms with van der Waals surface area (Å²) < 4.78 is 12.5. The Kier molecular flexibility index (Phi) is 5.17. The van der Waals surface area contributed by atoms with Crippen LogP contribution in [0.1, 0.15) is 27.8 Å². The lowest BCUT2D eigenvalue weighted by molar-refractivity contribution is 0.0940. The molecule has 0 spiro atoms. The first kappa shape index (κ1) is 17.5. The predicted molar refractivity (Wildman–Crippen MR) is 96.3 cm³/mol. The normalized spacial score (nSPS) is 11.7. The Morgan fingerprint density at radius 3 is 2.58 bits per heavy atom. The molecule has 2 aromatic heterocycles. The van der Waals surface area contributed by atoms with Crippen LogP contribution in [0.2, 0.25) is 0 Å². The Hall–Kier alpha value is -3.35. The molecule has 7 nitrogen and oxygen atoms in total. The van der Waals surface area contributed by atoms with Crippen molar-refractivity contribution < 1.29 is 14.3 Å². The van der Waals surface area contributed by atoms with Gasteiger partial charge in [0.25, 0.3) is 5.91 Å². The molecule has 1 aromatic carbocycles. The molecule has 0 fully saturated rings. The molecule has 134 valence electrons. The summed E-state index contributed by atoms with van der Waals surface area (Å²) in [5, 5.41) is 3.02. The number of amides is 1. The maximum absolute atomic E-state index is 12.7. The topological polar surface area (TPSA) is 78.3 Å². The zero-order valence-corrected chi connectivity index (χ0v) is 14.8. The third-order valence-electron chi connectivity index (χ3n) is 4.06. The molecule has 3 rings (SSSR count). The third-order valence-corrected chi connectivity index (χ3v) is 4.06. The van der Waals surface area contributed by atoms with Crippen LogP contribution in [0.15, 0.2) is 55.1 Å². The fourth-order valence-corrected chi connectivity index (χ4v) is 2.70. The van der Waals surface area contributed by atoms with Gasteiger partial charge in [-0.2, -0.15) is 0 Å². The number of carbonyl (C=O) groups excluding carboxylic acids is 1. The van der Waals surface area contributed by atoms with Crippen LogP contribution in [-0.2, 0) is 7.05 Å². The van der Waals surface area contributed by atoms with Crippen LogP contribution in [0.4, 0.5) is 0 Å². The van der Waals surface area contributed by atoms with Gasteiger partial charge < -0.3 is 19.4 Å². The molecular weight excluding hydrogens is 332 g/mol. The van der Waals surface area contributed by atoms with Crippen LogP contribution in [0.25, 0.3) is 0 Å². The first-order valence-corrected chi connectivity index (χ1v) is 8.04. The number of carbonyl (C=O) groups is 1. The van der Waals surface area contributed by atoms with Crippen LogP contribution in [-0.4, -0.2) is 34.7 Å². The number of nitrogens with zero attached hydrogens (tertiary/aromatic N) is 3. The van der Waals surface area contributed by atoms with Gasteiger partial charge in [-0.05, 0) is 29.8 Å². The SMILES string of the molecule is COc1ccc([C@H](NC(=O)c2cccnc2)c2nccn2C)cc1OC. The average Bonchev–Trinajstić information content (AvgIpc) is 3.11.